The Morgan fingerprint density at radius 3 is 2.59 bits per heavy atom. The fourth-order valence-electron chi connectivity index (χ4n) is 2.34. The Kier molecular flexibility index (Phi) is 2.35. The normalized spacial score (nSPS) is 15.8. The van der Waals surface area contributed by atoms with Crippen molar-refractivity contribution in [1.82, 2.24) is 14.8 Å². The van der Waals surface area contributed by atoms with Crippen LogP contribution in [0.5, 0.6) is 0 Å². The molecule has 0 aromatic carbocycles. The van der Waals surface area contributed by atoms with Crippen LogP contribution in [0.15, 0.2) is 24.5 Å². The van der Waals surface area contributed by atoms with E-state index in [2.05, 4.69) is 10.1 Å². The van der Waals surface area contributed by atoms with E-state index in [-0.39, 0.29) is 0 Å². The number of hydrogen-bond acceptors (Lipinski definition) is 3. The molecule has 2 aromatic heterocycles. The third-order valence-electron chi connectivity index (χ3n) is 3.58. The van der Waals surface area contributed by atoms with Gasteiger partial charge in [-0.2, -0.15) is 5.10 Å². The summed E-state index contributed by atoms with van der Waals surface area (Å²) in [7, 11) is 1.90. The van der Waals surface area contributed by atoms with Crippen molar-refractivity contribution in [2.24, 2.45) is 7.05 Å². The van der Waals surface area contributed by atoms with Gasteiger partial charge in [-0.3, -0.25) is 9.67 Å². The van der Waals surface area contributed by atoms with Crippen LogP contribution in [0, 0.1) is 0 Å². The van der Waals surface area contributed by atoms with Crippen molar-refractivity contribution in [3.05, 3.63) is 30.2 Å². The van der Waals surface area contributed by atoms with Gasteiger partial charge in [0.25, 0.3) is 0 Å². The summed E-state index contributed by atoms with van der Waals surface area (Å²) in [5.41, 5.74) is 9.50. The van der Waals surface area contributed by atoms with Gasteiger partial charge in [0.05, 0.1) is 5.69 Å². The number of aromatic nitrogens is 3. The molecule has 0 bridgehead atoms. The minimum absolute atomic E-state index is 0.585. The maximum atomic E-state index is 6.13. The Morgan fingerprint density at radius 1 is 1.29 bits per heavy atom. The summed E-state index contributed by atoms with van der Waals surface area (Å²) < 4.78 is 1.78. The highest BCUT2D eigenvalue weighted by atomic mass is 15.3. The number of nitrogens with two attached hydrogens (primary N) is 1. The monoisotopic (exact) mass is 228 g/mol. The van der Waals surface area contributed by atoms with Crippen molar-refractivity contribution < 1.29 is 0 Å². The zero-order valence-corrected chi connectivity index (χ0v) is 9.93. The van der Waals surface area contributed by atoms with E-state index in [4.69, 9.17) is 5.73 Å². The Labute approximate surface area is 100 Å². The van der Waals surface area contributed by atoms with Crippen molar-refractivity contribution in [3.63, 3.8) is 0 Å². The average Bonchev–Trinajstić information content (AvgIpc) is 2.54. The van der Waals surface area contributed by atoms with Gasteiger partial charge in [0, 0.05) is 30.9 Å². The molecule has 88 valence electrons. The number of nitrogens with zero attached hydrogens (tertiary/aromatic N) is 3. The van der Waals surface area contributed by atoms with E-state index in [9.17, 15) is 0 Å². The Hall–Kier alpha value is -1.84. The van der Waals surface area contributed by atoms with Gasteiger partial charge in [-0.25, -0.2) is 0 Å². The molecule has 2 aromatic rings. The maximum Gasteiger partial charge on any atom is 0.129 e. The SMILES string of the molecule is Cn1nc(C2CCC2)c(-c2ccncc2)c1N. The number of hydrogen-bond donors (Lipinski definition) is 1. The molecule has 0 unspecified atom stereocenters. The van der Waals surface area contributed by atoms with Crippen molar-refractivity contribution in [2.45, 2.75) is 25.2 Å². The third-order valence-corrected chi connectivity index (χ3v) is 3.58. The summed E-state index contributed by atoms with van der Waals surface area (Å²) in [5.74, 6) is 1.33. The summed E-state index contributed by atoms with van der Waals surface area (Å²) in [6.07, 6.45) is 7.36. The van der Waals surface area contributed by atoms with E-state index < -0.39 is 0 Å². The van der Waals surface area contributed by atoms with Gasteiger partial charge in [-0.1, -0.05) is 6.42 Å². The smallest absolute Gasteiger partial charge is 0.129 e. The Balaban J connectivity index is 2.14. The molecule has 1 aliphatic rings. The fraction of sp³-hybridized carbons (Fsp3) is 0.385. The summed E-state index contributed by atoms with van der Waals surface area (Å²) in [4.78, 5) is 4.05. The van der Waals surface area contributed by atoms with Crippen LogP contribution in [-0.2, 0) is 7.05 Å². The van der Waals surface area contributed by atoms with Gasteiger partial charge >= 0.3 is 0 Å². The van der Waals surface area contributed by atoms with Gasteiger partial charge in [0.2, 0.25) is 0 Å². The van der Waals surface area contributed by atoms with E-state index in [0.29, 0.717) is 5.92 Å². The molecule has 4 nitrogen and oxygen atoms in total. The molecular formula is C13H16N4. The first-order valence-electron chi connectivity index (χ1n) is 6.00. The van der Waals surface area contributed by atoms with Crippen molar-refractivity contribution in [3.8, 4) is 11.1 Å². The molecule has 17 heavy (non-hydrogen) atoms. The highest BCUT2D eigenvalue weighted by Crippen LogP contribution is 2.42. The van der Waals surface area contributed by atoms with E-state index in [1.165, 1.54) is 19.3 Å². The number of aryl methyl sites for hydroxylation is 1. The molecule has 0 saturated heterocycles. The molecule has 0 amide bonds. The van der Waals surface area contributed by atoms with E-state index >= 15 is 0 Å². The molecule has 4 heteroatoms. The molecule has 0 aliphatic heterocycles. The van der Waals surface area contributed by atoms with Crippen LogP contribution >= 0.6 is 0 Å². The van der Waals surface area contributed by atoms with Gasteiger partial charge < -0.3 is 5.73 Å². The van der Waals surface area contributed by atoms with Crippen LogP contribution in [0.4, 0.5) is 5.82 Å². The molecule has 1 fully saturated rings. The molecule has 2 heterocycles. The molecule has 0 atom stereocenters. The first kappa shape index (κ1) is 10.3. The van der Waals surface area contributed by atoms with Gasteiger partial charge in [-0.15, -0.1) is 0 Å². The third kappa shape index (κ3) is 1.60. The minimum atomic E-state index is 0.585. The molecule has 2 N–H and O–H groups in total. The lowest BCUT2D eigenvalue weighted by Gasteiger charge is -2.24. The second-order valence-electron chi connectivity index (χ2n) is 4.63. The zero-order valence-electron chi connectivity index (χ0n) is 9.93. The topological polar surface area (TPSA) is 56.7 Å². The van der Waals surface area contributed by atoms with Crippen molar-refractivity contribution in [1.29, 1.82) is 0 Å². The highest BCUT2D eigenvalue weighted by Gasteiger charge is 2.27. The summed E-state index contributed by atoms with van der Waals surface area (Å²) in [6.45, 7) is 0. The second kappa shape index (κ2) is 3.87. The largest absolute Gasteiger partial charge is 0.383 e. The molecule has 0 radical (unpaired) electrons. The number of pyridine rings is 1. The molecule has 1 saturated carbocycles. The number of rotatable bonds is 2. The van der Waals surface area contributed by atoms with Crippen LogP contribution in [-0.4, -0.2) is 14.8 Å². The predicted molar refractivity (Wildman–Crippen MR) is 67.4 cm³/mol. The first-order valence-corrected chi connectivity index (χ1v) is 6.00. The molecular weight excluding hydrogens is 212 g/mol. The predicted octanol–water partition coefficient (Wildman–Crippen LogP) is 2.33. The van der Waals surface area contributed by atoms with Crippen molar-refractivity contribution in [2.75, 3.05) is 5.73 Å². The zero-order chi connectivity index (χ0) is 11.8. The molecule has 3 rings (SSSR count). The van der Waals surface area contributed by atoms with Crippen molar-refractivity contribution >= 4 is 5.82 Å². The van der Waals surface area contributed by atoms with Crippen LogP contribution in [0.2, 0.25) is 0 Å². The minimum Gasteiger partial charge on any atom is -0.383 e. The summed E-state index contributed by atoms with van der Waals surface area (Å²) in [6, 6.07) is 3.99. The summed E-state index contributed by atoms with van der Waals surface area (Å²) >= 11 is 0. The maximum absolute atomic E-state index is 6.13. The Morgan fingerprint density at radius 2 is 2.00 bits per heavy atom. The quantitative estimate of drug-likeness (QED) is 0.858. The lowest BCUT2D eigenvalue weighted by atomic mass is 9.80. The van der Waals surface area contributed by atoms with Gasteiger partial charge in [0.15, 0.2) is 0 Å². The average molecular weight is 228 g/mol. The van der Waals surface area contributed by atoms with Crippen LogP contribution in [0.3, 0.4) is 0 Å². The van der Waals surface area contributed by atoms with Crippen LogP contribution in [0.25, 0.3) is 11.1 Å². The lowest BCUT2D eigenvalue weighted by Crippen LogP contribution is -2.10. The van der Waals surface area contributed by atoms with Crippen LogP contribution < -0.4 is 5.73 Å². The van der Waals surface area contributed by atoms with E-state index in [1.807, 2.05) is 19.2 Å². The molecule has 1 aliphatic carbocycles. The fourth-order valence-corrected chi connectivity index (χ4v) is 2.34. The van der Waals surface area contributed by atoms with Gasteiger partial charge in [-0.05, 0) is 30.5 Å². The first-order chi connectivity index (χ1) is 8.27. The van der Waals surface area contributed by atoms with Gasteiger partial charge in [0.1, 0.15) is 5.82 Å². The summed E-state index contributed by atoms with van der Waals surface area (Å²) in [5, 5.41) is 4.58. The lowest BCUT2D eigenvalue weighted by molar-refractivity contribution is 0.408. The van der Waals surface area contributed by atoms with E-state index in [0.717, 1.165) is 22.6 Å². The number of anilines is 1. The standard InChI is InChI=1S/C13H16N4/c1-17-13(14)11(9-5-7-15-8-6-9)12(16-17)10-3-2-4-10/h5-8,10H,2-4,14H2,1H3. The molecule has 0 spiro atoms. The Bertz CT molecular complexity index is 526. The van der Waals surface area contributed by atoms with Crippen LogP contribution in [0.1, 0.15) is 30.9 Å². The van der Waals surface area contributed by atoms with E-state index in [1.54, 1.807) is 17.1 Å². The highest BCUT2D eigenvalue weighted by molar-refractivity contribution is 5.77. The number of nitrogen functional groups attached to an aromatic ring is 1. The second-order valence-corrected chi connectivity index (χ2v) is 4.63.